The second-order valence-electron chi connectivity index (χ2n) is 4.73. The predicted octanol–water partition coefficient (Wildman–Crippen LogP) is 2.26. The molecule has 114 valence electrons. The molecule has 0 atom stereocenters. The van der Waals surface area contributed by atoms with Gasteiger partial charge in [-0.2, -0.15) is 0 Å². The van der Waals surface area contributed by atoms with E-state index >= 15 is 0 Å². The van der Waals surface area contributed by atoms with E-state index in [9.17, 15) is 10.0 Å². The van der Waals surface area contributed by atoms with Gasteiger partial charge in [-0.1, -0.05) is 22.0 Å². The quantitative estimate of drug-likeness (QED) is 0.325. The van der Waals surface area contributed by atoms with Crippen molar-refractivity contribution in [3.63, 3.8) is 0 Å². The topological polar surface area (TPSA) is 91.0 Å². The van der Waals surface area contributed by atoms with Crippen LogP contribution in [0.25, 0.3) is 0 Å². The zero-order valence-corrected chi connectivity index (χ0v) is 13.7. The molecule has 1 aromatic rings. The van der Waals surface area contributed by atoms with Crippen molar-refractivity contribution >= 4 is 45.4 Å². The standard InChI is InChI=1S/C13H17BrN4O2S/c14-10-2-1-3-11(8-10)16-13(17-20)12(19)9-4-6-18(21-15)7-5-9/h1-3,8-9,20H,4-7,15H2,(H,16,17). The van der Waals surface area contributed by atoms with E-state index in [0.717, 1.165) is 17.6 Å². The van der Waals surface area contributed by atoms with E-state index in [-0.39, 0.29) is 17.5 Å². The Balaban J connectivity index is 2.08. The molecule has 4 N–H and O–H groups in total. The molecule has 0 aliphatic carbocycles. The van der Waals surface area contributed by atoms with Crippen LogP contribution in [0.4, 0.5) is 5.69 Å². The number of amidine groups is 1. The SMILES string of the molecule is NSN1CCC(C(=O)C(=Nc2cccc(Br)c2)NO)CC1. The van der Waals surface area contributed by atoms with Gasteiger partial charge in [0.1, 0.15) is 0 Å². The third kappa shape index (κ3) is 4.52. The van der Waals surface area contributed by atoms with Crippen LogP contribution in [0.1, 0.15) is 12.8 Å². The number of hydrogen-bond donors (Lipinski definition) is 3. The minimum atomic E-state index is -0.167. The highest BCUT2D eigenvalue weighted by Gasteiger charge is 2.28. The number of carbonyl (C=O) groups excluding carboxylic acids is 1. The molecule has 0 aromatic heterocycles. The number of ketones is 1. The molecule has 1 aliphatic heterocycles. The molecule has 0 saturated carbocycles. The summed E-state index contributed by atoms with van der Waals surface area (Å²) in [5.41, 5.74) is 2.54. The van der Waals surface area contributed by atoms with E-state index in [1.807, 2.05) is 21.9 Å². The Labute approximate surface area is 136 Å². The van der Waals surface area contributed by atoms with Crippen LogP contribution < -0.4 is 10.6 Å². The van der Waals surface area contributed by atoms with Gasteiger partial charge >= 0.3 is 0 Å². The van der Waals surface area contributed by atoms with E-state index in [1.165, 1.54) is 12.1 Å². The van der Waals surface area contributed by atoms with Crippen molar-refractivity contribution in [3.05, 3.63) is 28.7 Å². The maximum absolute atomic E-state index is 12.4. The second-order valence-corrected chi connectivity index (χ2v) is 6.37. The number of hydroxylamine groups is 1. The number of halogens is 1. The maximum atomic E-state index is 12.4. The first kappa shape index (κ1) is 16.4. The normalized spacial score (nSPS) is 17.8. The molecule has 1 heterocycles. The molecule has 1 fully saturated rings. The monoisotopic (exact) mass is 372 g/mol. The summed E-state index contributed by atoms with van der Waals surface area (Å²) in [6.07, 6.45) is 1.42. The number of Topliss-reactive ketones (excluding diaryl/α,β-unsaturated/α-hetero) is 1. The van der Waals surface area contributed by atoms with Crippen molar-refractivity contribution < 1.29 is 10.0 Å². The van der Waals surface area contributed by atoms with Crippen LogP contribution >= 0.6 is 28.1 Å². The summed E-state index contributed by atoms with van der Waals surface area (Å²) >= 11 is 4.54. The fraction of sp³-hybridized carbons (Fsp3) is 0.385. The van der Waals surface area contributed by atoms with Gasteiger partial charge in [0.2, 0.25) is 5.78 Å². The summed E-state index contributed by atoms with van der Waals surface area (Å²) in [6, 6.07) is 7.23. The van der Waals surface area contributed by atoms with E-state index in [4.69, 9.17) is 5.14 Å². The van der Waals surface area contributed by atoms with Crippen LogP contribution in [-0.4, -0.2) is 34.2 Å². The Kier molecular flexibility index (Phi) is 6.19. The minimum Gasteiger partial charge on any atom is -0.290 e. The van der Waals surface area contributed by atoms with Crippen molar-refractivity contribution in [1.82, 2.24) is 9.79 Å². The van der Waals surface area contributed by atoms with Crippen molar-refractivity contribution in [2.24, 2.45) is 16.0 Å². The Hall–Kier alpha value is -0.930. The highest BCUT2D eigenvalue weighted by Crippen LogP contribution is 2.23. The average Bonchev–Trinajstić information content (AvgIpc) is 2.52. The third-order valence-electron chi connectivity index (χ3n) is 3.36. The first-order valence-corrected chi connectivity index (χ1v) is 8.17. The van der Waals surface area contributed by atoms with Crippen molar-refractivity contribution in [1.29, 1.82) is 0 Å². The molecule has 0 radical (unpaired) electrons. The number of carbonyl (C=O) groups is 1. The van der Waals surface area contributed by atoms with Crippen LogP contribution in [0.3, 0.4) is 0 Å². The lowest BCUT2D eigenvalue weighted by atomic mass is 9.93. The summed E-state index contributed by atoms with van der Waals surface area (Å²) in [5.74, 6) is -0.329. The molecular weight excluding hydrogens is 356 g/mol. The molecule has 1 aliphatic rings. The van der Waals surface area contributed by atoms with E-state index in [1.54, 1.807) is 12.1 Å². The molecule has 21 heavy (non-hydrogen) atoms. The molecule has 1 saturated heterocycles. The smallest absolute Gasteiger partial charge is 0.203 e. The van der Waals surface area contributed by atoms with E-state index in [0.29, 0.717) is 18.5 Å². The molecule has 8 heteroatoms. The van der Waals surface area contributed by atoms with Crippen molar-refractivity contribution in [3.8, 4) is 0 Å². The molecule has 0 spiro atoms. The lowest BCUT2D eigenvalue weighted by Crippen LogP contribution is -2.39. The molecule has 0 bridgehead atoms. The Morgan fingerprint density at radius 2 is 2.19 bits per heavy atom. The molecule has 6 nitrogen and oxygen atoms in total. The number of benzene rings is 1. The Morgan fingerprint density at radius 3 is 2.76 bits per heavy atom. The Bertz CT molecular complexity index is 533. The molecule has 1 aromatic carbocycles. The largest absolute Gasteiger partial charge is 0.290 e. The van der Waals surface area contributed by atoms with Gasteiger partial charge in [0.15, 0.2) is 5.84 Å². The lowest BCUT2D eigenvalue weighted by Gasteiger charge is -2.28. The highest BCUT2D eigenvalue weighted by molar-refractivity contribution is 9.10. The van der Waals surface area contributed by atoms with Crippen molar-refractivity contribution in [2.75, 3.05) is 13.1 Å². The van der Waals surface area contributed by atoms with Crippen LogP contribution in [0.5, 0.6) is 0 Å². The number of piperidine rings is 1. The van der Waals surface area contributed by atoms with Gasteiger partial charge in [0.05, 0.1) is 5.69 Å². The molecule has 2 rings (SSSR count). The van der Waals surface area contributed by atoms with Crippen molar-refractivity contribution in [2.45, 2.75) is 12.8 Å². The van der Waals surface area contributed by atoms with Gasteiger partial charge in [-0.3, -0.25) is 15.1 Å². The number of aliphatic imine (C=N–C) groups is 1. The predicted molar refractivity (Wildman–Crippen MR) is 87.2 cm³/mol. The van der Waals surface area contributed by atoms with E-state index < -0.39 is 0 Å². The van der Waals surface area contributed by atoms with E-state index in [2.05, 4.69) is 20.9 Å². The van der Waals surface area contributed by atoms with Crippen LogP contribution in [0.15, 0.2) is 33.7 Å². The third-order valence-corrected chi connectivity index (χ3v) is 4.52. The van der Waals surface area contributed by atoms with Gasteiger partial charge in [-0.25, -0.2) is 14.8 Å². The fourth-order valence-corrected chi connectivity index (χ4v) is 3.04. The van der Waals surface area contributed by atoms with Gasteiger partial charge < -0.3 is 0 Å². The number of nitrogens with one attached hydrogen (secondary N) is 1. The number of hydrogen-bond acceptors (Lipinski definition) is 6. The van der Waals surface area contributed by atoms with Crippen LogP contribution in [0, 0.1) is 5.92 Å². The first-order valence-electron chi connectivity index (χ1n) is 6.54. The zero-order chi connectivity index (χ0) is 15.2. The fourth-order valence-electron chi connectivity index (χ4n) is 2.23. The molecule has 0 unspecified atom stereocenters. The van der Waals surface area contributed by atoms with Gasteiger partial charge in [0, 0.05) is 35.6 Å². The molecule has 0 amide bonds. The maximum Gasteiger partial charge on any atom is 0.203 e. The average molecular weight is 373 g/mol. The summed E-state index contributed by atoms with van der Waals surface area (Å²) in [6.45, 7) is 1.51. The lowest BCUT2D eigenvalue weighted by molar-refractivity contribution is -0.118. The summed E-state index contributed by atoms with van der Waals surface area (Å²) in [7, 11) is 0. The van der Waals surface area contributed by atoms with Crippen LogP contribution in [0.2, 0.25) is 0 Å². The first-order chi connectivity index (χ1) is 10.1. The second kappa shape index (κ2) is 7.90. The number of nitrogens with two attached hydrogens (primary N) is 1. The van der Waals surface area contributed by atoms with Crippen LogP contribution in [-0.2, 0) is 4.79 Å². The summed E-state index contributed by atoms with van der Waals surface area (Å²) < 4.78 is 2.88. The summed E-state index contributed by atoms with van der Waals surface area (Å²) in [4.78, 5) is 16.6. The highest BCUT2D eigenvalue weighted by atomic mass is 79.9. The number of nitrogens with zero attached hydrogens (tertiary/aromatic N) is 2. The van der Waals surface area contributed by atoms with Gasteiger partial charge in [-0.05, 0) is 31.0 Å². The Morgan fingerprint density at radius 1 is 1.48 bits per heavy atom. The van der Waals surface area contributed by atoms with Gasteiger partial charge in [0.25, 0.3) is 0 Å². The minimum absolute atomic E-state index is 0.0213. The zero-order valence-electron chi connectivity index (χ0n) is 11.3. The number of rotatable bonds is 4. The molecular formula is C13H17BrN4O2S. The van der Waals surface area contributed by atoms with Gasteiger partial charge in [-0.15, -0.1) is 0 Å². The summed E-state index contributed by atoms with van der Waals surface area (Å²) in [5, 5.41) is 14.7.